The average molecular weight is 575 g/mol. The Labute approximate surface area is 222 Å². The van der Waals surface area contributed by atoms with E-state index >= 15 is 0 Å². The Morgan fingerprint density at radius 1 is 1.13 bits per heavy atom. The first-order valence-electron chi connectivity index (χ1n) is 11.4. The van der Waals surface area contributed by atoms with Crippen LogP contribution in [0.4, 0.5) is 22.0 Å². The highest BCUT2D eigenvalue weighted by molar-refractivity contribution is 6.31. The maximum Gasteiger partial charge on any atom is 0.573 e. The van der Waals surface area contributed by atoms with Crippen molar-refractivity contribution in [3.8, 4) is 11.6 Å². The highest BCUT2D eigenvalue weighted by Crippen LogP contribution is 2.28. The monoisotopic (exact) mass is 574 g/mol. The zero-order valence-corrected chi connectivity index (χ0v) is 20.8. The van der Waals surface area contributed by atoms with E-state index in [0.717, 1.165) is 22.9 Å². The maximum absolute atomic E-state index is 13.4. The zero-order chi connectivity index (χ0) is 28.3. The molecule has 1 atom stereocenters. The molecule has 1 aliphatic rings. The minimum Gasteiger partial charge on any atom is -0.406 e. The summed E-state index contributed by atoms with van der Waals surface area (Å²) in [5, 5.41) is 6.04. The molecule has 16 heteroatoms. The van der Waals surface area contributed by atoms with Crippen molar-refractivity contribution >= 4 is 23.4 Å². The molecule has 3 aromatic rings. The Kier molecular flexibility index (Phi) is 8.30. The zero-order valence-electron chi connectivity index (χ0n) is 20.1. The van der Waals surface area contributed by atoms with E-state index < -0.39 is 36.3 Å². The summed E-state index contributed by atoms with van der Waals surface area (Å²) in [7, 11) is 0. The van der Waals surface area contributed by atoms with Gasteiger partial charge in [0.15, 0.2) is 11.6 Å². The maximum atomic E-state index is 13.4. The summed E-state index contributed by atoms with van der Waals surface area (Å²) in [5.41, 5.74) is -0.0200. The topological polar surface area (TPSA) is 111 Å². The van der Waals surface area contributed by atoms with Gasteiger partial charge in [-0.15, -0.1) is 18.3 Å². The molecular formula is C23H20ClF5N6O4. The lowest BCUT2D eigenvalue weighted by Crippen LogP contribution is -2.40. The third-order valence-corrected chi connectivity index (χ3v) is 5.67. The summed E-state index contributed by atoms with van der Waals surface area (Å²) < 4.78 is 74.7. The molecule has 1 unspecified atom stereocenters. The van der Waals surface area contributed by atoms with Crippen LogP contribution in [-0.2, 0) is 4.74 Å². The first-order chi connectivity index (χ1) is 18.4. The number of ether oxygens (including phenoxy) is 2. The Balaban J connectivity index is 1.57. The molecule has 1 fully saturated rings. The molecular weight excluding hydrogens is 555 g/mol. The number of pyridine rings is 1. The molecule has 2 amide bonds. The highest BCUT2D eigenvalue weighted by atomic mass is 35.5. The number of amides is 2. The summed E-state index contributed by atoms with van der Waals surface area (Å²) in [4.78, 5) is 35.0. The summed E-state index contributed by atoms with van der Waals surface area (Å²) in [5.74, 6) is -2.83. The SMILES string of the molecule is CC(NC(=O)c1cc(Cl)cc(OC(F)(F)F)c1)c1nc(C(F)F)nn1-c1ccc(C(=O)N2CCOCC2)cn1. The fourth-order valence-electron chi connectivity index (χ4n) is 3.70. The molecule has 3 heterocycles. The van der Waals surface area contributed by atoms with Crippen molar-refractivity contribution in [2.24, 2.45) is 0 Å². The largest absolute Gasteiger partial charge is 0.573 e. The second-order valence-electron chi connectivity index (χ2n) is 8.27. The van der Waals surface area contributed by atoms with Crippen molar-refractivity contribution in [1.82, 2.24) is 30.0 Å². The molecule has 0 spiro atoms. The van der Waals surface area contributed by atoms with Gasteiger partial charge in [0.25, 0.3) is 18.2 Å². The molecule has 1 saturated heterocycles. The molecule has 0 saturated carbocycles. The second-order valence-corrected chi connectivity index (χ2v) is 8.71. The lowest BCUT2D eigenvalue weighted by molar-refractivity contribution is -0.274. The van der Waals surface area contributed by atoms with E-state index in [2.05, 4.69) is 25.1 Å². The molecule has 39 heavy (non-hydrogen) atoms. The molecule has 1 N–H and O–H groups in total. The van der Waals surface area contributed by atoms with Crippen LogP contribution in [0.1, 0.15) is 51.8 Å². The van der Waals surface area contributed by atoms with Crippen LogP contribution in [0.5, 0.6) is 5.75 Å². The predicted octanol–water partition coefficient (Wildman–Crippen LogP) is 4.12. The number of benzene rings is 1. The molecule has 0 bridgehead atoms. The lowest BCUT2D eigenvalue weighted by Gasteiger charge is -2.26. The van der Waals surface area contributed by atoms with Gasteiger partial charge in [0.05, 0.1) is 24.8 Å². The number of hydrogen-bond acceptors (Lipinski definition) is 7. The number of aromatic nitrogens is 4. The molecule has 1 aliphatic heterocycles. The molecule has 0 radical (unpaired) electrons. The minimum atomic E-state index is -5.01. The predicted molar refractivity (Wildman–Crippen MR) is 125 cm³/mol. The first-order valence-corrected chi connectivity index (χ1v) is 11.7. The smallest absolute Gasteiger partial charge is 0.406 e. The van der Waals surface area contributed by atoms with Crippen molar-refractivity contribution in [2.75, 3.05) is 26.3 Å². The number of halogens is 6. The van der Waals surface area contributed by atoms with Gasteiger partial charge in [-0.25, -0.2) is 18.7 Å². The number of carbonyl (C=O) groups excluding carboxylic acids is 2. The van der Waals surface area contributed by atoms with Gasteiger partial charge in [0, 0.05) is 29.9 Å². The fraction of sp³-hybridized carbons (Fsp3) is 0.348. The van der Waals surface area contributed by atoms with Crippen LogP contribution in [0.15, 0.2) is 36.5 Å². The van der Waals surface area contributed by atoms with E-state index in [1.807, 2.05) is 0 Å². The molecule has 4 rings (SSSR count). The van der Waals surface area contributed by atoms with Crippen LogP contribution in [0.3, 0.4) is 0 Å². The number of alkyl halides is 5. The van der Waals surface area contributed by atoms with Crippen molar-refractivity contribution in [1.29, 1.82) is 0 Å². The van der Waals surface area contributed by atoms with Gasteiger partial charge < -0.3 is 19.7 Å². The van der Waals surface area contributed by atoms with E-state index in [1.54, 1.807) is 4.90 Å². The lowest BCUT2D eigenvalue weighted by atomic mass is 10.2. The molecule has 0 aliphatic carbocycles. The molecule has 1 aromatic carbocycles. The van der Waals surface area contributed by atoms with Gasteiger partial charge in [0.1, 0.15) is 5.75 Å². The summed E-state index contributed by atoms with van der Waals surface area (Å²) in [6, 6.07) is 4.56. The highest BCUT2D eigenvalue weighted by Gasteiger charge is 2.32. The van der Waals surface area contributed by atoms with Crippen molar-refractivity contribution in [2.45, 2.75) is 25.8 Å². The Morgan fingerprint density at radius 2 is 1.85 bits per heavy atom. The number of nitrogens with zero attached hydrogens (tertiary/aromatic N) is 5. The van der Waals surface area contributed by atoms with Crippen LogP contribution in [0.2, 0.25) is 5.02 Å². The summed E-state index contributed by atoms with van der Waals surface area (Å²) >= 11 is 5.83. The van der Waals surface area contributed by atoms with Gasteiger partial charge in [0.2, 0.25) is 5.82 Å². The van der Waals surface area contributed by atoms with Crippen molar-refractivity contribution < 1.29 is 41.0 Å². The van der Waals surface area contributed by atoms with Crippen LogP contribution >= 0.6 is 11.6 Å². The number of rotatable bonds is 7. The fourth-order valence-corrected chi connectivity index (χ4v) is 3.92. The van der Waals surface area contributed by atoms with Gasteiger partial charge in [-0.2, -0.15) is 4.68 Å². The first kappa shape index (κ1) is 28.2. The van der Waals surface area contributed by atoms with Gasteiger partial charge >= 0.3 is 6.36 Å². The molecule has 10 nitrogen and oxygen atoms in total. The van der Waals surface area contributed by atoms with Crippen molar-refractivity contribution in [3.05, 3.63) is 64.3 Å². The molecule has 208 valence electrons. The number of hydrogen-bond donors (Lipinski definition) is 1. The Morgan fingerprint density at radius 3 is 2.46 bits per heavy atom. The van der Waals surface area contributed by atoms with Gasteiger partial charge in [-0.1, -0.05) is 11.6 Å². The third-order valence-electron chi connectivity index (χ3n) is 5.46. The van der Waals surface area contributed by atoms with E-state index in [-0.39, 0.29) is 33.7 Å². The summed E-state index contributed by atoms with van der Waals surface area (Å²) in [6.45, 7) is 3.05. The van der Waals surface area contributed by atoms with Crippen LogP contribution in [0.25, 0.3) is 5.82 Å². The van der Waals surface area contributed by atoms with E-state index in [9.17, 15) is 31.5 Å². The van der Waals surface area contributed by atoms with Crippen LogP contribution in [-0.4, -0.2) is 69.1 Å². The summed E-state index contributed by atoms with van der Waals surface area (Å²) in [6.07, 6.45) is -6.80. The Hall–Kier alpha value is -3.85. The Bertz CT molecular complexity index is 1350. The van der Waals surface area contributed by atoms with E-state index in [0.29, 0.717) is 26.3 Å². The normalized spacial score (nSPS) is 14.8. The second kappa shape index (κ2) is 11.5. The van der Waals surface area contributed by atoms with Gasteiger partial charge in [-0.3, -0.25) is 9.59 Å². The standard InChI is InChI=1S/C23H20ClF5N6O4/c1-12(31-21(36)14-8-15(24)10-16(9-14)39-23(27,28)29)20-32-19(18(25)26)33-35(20)17-3-2-13(11-30-17)22(37)34-4-6-38-7-5-34/h2-3,8-12,18H,4-7H2,1H3,(H,31,36). The minimum absolute atomic E-state index is 0.0349. The number of carbonyl (C=O) groups is 2. The quantitative estimate of drug-likeness (QED) is 0.423. The van der Waals surface area contributed by atoms with E-state index in [1.165, 1.54) is 25.3 Å². The van der Waals surface area contributed by atoms with Crippen LogP contribution < -0.4 is 10.1 Å². The molecule has 2 aromatic heterocycles. The number of morpholine rings is 1. The van der Waals surface area contributed by atoms with E-state index in [4.69, 9.17) is 16.3 Å². The third kappa shape index (κ3) is 6.97. The van der Waals surface area contributed by atoms with Crippen LogP contribution in [0, 0.1) is 0 Å². The number of nitrogens with one attached hydrogen (secondary N) is 1. The van der Waals surface area contributed by atoms with Crippen molar-refractivity contribution in [3.63, 3.8) is 0 Å². The average Bonchev–Trinajstić information content (AvgIpc) is 3.34. The van der Waals surface area contributed by atoms with Gasteiger partial charge in [-0.05, 0) is 37.3 Å².